The van der Waals surface area contributed by atoms with Crippen LogP contribution in [0.25, 0.3) is 0 Å². The molecule has 0 fully saturated rings. The molecule has 17 heavy (non-hydrogen) atoms. The van der Waals surface area contributed by atoms with Gasteiger partial charge in [0.25, 0.3) is 0 Å². The van der Waals surface area contributed by atoms with E-state index in [-0.39, 0.29) is 0 Å². The van der Waals surface area contributed by atoms with Crippen molar-refractivity contribution in [3.8, 4) is 17.6 Å². The van der Waals surface area contributed by atoms with E-state index in [2.05, 4.69) is 6.07 Å². The van der Waals surface area contributed by atoms with Gasteiger partial charge in [-0.15, -0.1) is 0 Å². The van der Waals surface area contributed by atoms with Crippen LogP contribution in [0.3, 0.4) is 0 Å². The molecule has 3 nitrogen and oxygen atoms in total. The molecule has 0 aliphatic heterocycles. The van der Waals surface area contributed by atoms with Crippen LogP contribution in [-0.2, 0) is 6.54 Å². The largest absolute Gasteiger partial charge is 0.457 e. The monoisotopic (exact) mass is 224 g/mol. The Morgan fingerprint density at radius 3 is 1.94 bits per heavy atom. The van der Waals surface area contributed by atoms with Crippen molar-refractivity contribution >= 4 is 0 Å². The third kappa shape index (κ3) is 2.83. The average molecular weight is 224 g/mol. The van der Waals surface area contributed by atoms with Crippen LogP contribution in [0.1, 0.15) is 11.1 Å². The lowest BCUT2D eigenvalue weighted by Gasteiger charge is -2.06. The van der Waals surface area contributed by atoms with E-state index in [0.717, 1.165) is 11.3 Å². The molecule has 2 N–H and O–H groups in total. The molecule has 2 aromatic rings. The van der Waals surface area contributed by atoms with Gasteiger partial charge >= 0.3 is 0 Å². The van der Waals surface area contributed by atoms with Crippen LogP contribution in [0.2, 0.25) is 0 Å². The van der Waals surface area contributed by atoms with Crippen molar-refractivity contribution in [1.82, 2.24) is 0 Å². The van der Waals surface area contributed by atoms with E-state index in [1.54, 1.807) is 24.3 Å². The molecule has 0 saturated heterocycles. The molecule has 0 radical (unpaired) electrons. The molecule has 0 atom stereocenters. The first-order valence-electron chi connectivity index (χ1n) is 5.29. The Kier molecular flexibility index (Phi) is 3.39. The molecule has 0 aliphatic rings. The van der Waals surface area contributed by atoms with Crippen molar-refractivity contribution in [2.45, 2.75) is 6.54 Å². The second kappa shape index (κ2) is 5.15. The quantitative estimate of drug-likeness (QED) is 0.872. The average Bonchev–Trinajstić information content (AvgIpc) is 2.40. The molecule has 0 heterocycles. The Morgan fingerprint density at radius 1 is 0.941 bits per heavy atom. The molecule has 0 spiro atoms. The molecule has 0 amide bonds. The number of hydrogen-bond donors (Lipinski definition) is 1. The van der Waals surface area contributed by atoms with Gasteiger partial charge in [-0.1, -0.05) is 12.1 Å². The third-order valence-corrected chi connectivity index (χ3v) is 2.38. The summed E-state index contributed by atoms with van der Waals surface area (Å²) in [6, 6.07) is 16.7. The lowest BCUT2D eigenvalue weighted by molar-refractivity contribution is 0.482. The summed E-state index contributed by atoms with van der Waals surface area (Å²) in [6.07, 6.45) is 0. The van der Waals surface area contributed by atoms with E-state index < -0.39 is 0 Å². The van der Waals surface area contributed by atoms with Crippen LogP contribution < -0.4 is 10.5 Å². The van der Waals surface area contributed by atoms with Gasteiger partial charge in [0.1, 0.15) is 11.5 Å². The van der Waals surface area contributed by atoms with Crippen molar-refractivity contribution in [1.29, 1.82) is 5.26 Å². The number of benzene rings is 2. The Morgan fingerprint density at radius 2 is 1.47 bits per heavy atom. The highest BCUT2D eigenvalue weighted by molar-refractivity contribution is 5.37. The second-order valence-electron chi connectivity index (χ2n) is 3.59. The molecular weight excluding hydrogens is 212 g/mol. The number of nitrogens with zero attached hydrogens (tertiary/aromatic N) is 1. The maximum atomic E-state index is 8.67. The standard InChI is InChI=1S/C14H12N2O/c15-9-11-1-5-13(6-2-11)17-14-7-3-12(10-16)4-8-14/h1-8H,9,15H2. The van der Waals surface area contributed by atoms with Gasteiger partial charge < -0.3 is 10.5 Å². The zero-order chi connectivity index (χ0) is 12.1. The smallest absolute Gasteiger partial charge is 0.127 e. The van der Waals surface area contributed by atoms with Gasteiger partial charge in [-0.25, -0.2) is 0 Å². The molecule has 0 unspecified atom stereocenters. The van der Waals surface area contributed by atoms with E-state index in [0.29, 0.717) is 17.9 Å². The first-order valence-corrected chi connectivity index (χ1v) is 5.29. The summed E-state index contributed by atoms with van der Waals surface area (Å²) in [7, 11) is 0. The van der Waals surface area contributed by atoms with Gasteiger partial charge in [0.2, 0.25) is 0 Å². The van der Waals surface area contributed by atoms with E-state index in [9.17, 15) is 0 Å². The van der Waals surface area contributed by atoms with Crippen molar-refractivity contribution in [2.75, 3.05) is 0 Å². The van der Waals surface area contributed by atoms with Gasteiger partial charge in [-0.2, -0.15) is 5.26 Å². The molecule has 2 aromatic carbocycles. The van der Waals surface area contributed by atoms with Crippen molar-refractivity contribution in [3.63, 3.8) is 0 Å². The van der Waals surface area contributed by atoms with Crippen molar-refractivity contribution in [2.24, 2.45) is 5.73 Å². The van der Waals surface area contributed by atoms with Gasteiger partial charge in [0, 0.05) is 6.54 Å². The summed E-state index contributed by atoms with van der Waals surface area (Å²) in [6.45, 7) is 0.525. The zero-order valence-electron chi connectivity index (χ0n) is 9.26. The summed E-state index contributed by atoms with van der Waals surface area (Å²) in [4.78, 5) is 0. The van der Waals surface area contributed by atoms with Crippen LogP contribution in [0.4, 0.5) is 0 Å². The molecule has 84 valence electrons. The minimum atomic E-state index is 0.525. The van der Waals surface area contributed by atoms with Crippen LogP contribution in [-0.4, -0.2) is 0 Å². The van der Waals surface area contributed by atoms with Crippen LogP contribution in [0, 0.1) is 11.3 Å². The number of ether oxygens (including phenoxy) is 1. The summed E-state index contributed by atoms with van der Waals surface area (Å²) in [5, 5.41) is 8.67. The van der Waals surface area contributed by atoms with Crippen LogP contribution in [0.5, 0.6) is 11.5 Å². The minimum Gasteiger partial charge on any atom is -0.457 e. The van der Waals surface area contributed by atoms with E-state index >= 15 is 0 Å². The predicted octanol–water partition coefficient (Wildman–Crippen LogP) is 2.81. The topological polar surface area (TPSA) is 59.0 Å². The molecule has 0 aliphatic carbocycles. The number of nitrogens with two attached hydrogens (primary N) is 1. The predicted molar refractivity (Wildman–Crippen MR) is 65.6 cm³/mol. The summed E-state index contributed by atoms with van der Waals surface area (Å²) in [5.41, 5.74) is 7.20. The zero-order valence-corrected chi connectivity index (χ0v) is 9.26. The molecule has 0 bridgehead atoms. The number of nitriles is 1. The first-order chi connectivity index (χ1) is 8.31. The maximum Gasteiger partial charge on any atom is 0.127 e. The summed E-state index contributed by atoms with van der Waals surface area (Å²) < 4.78 is 5.63. The van der Waals surface area contributed by atoms with E-state index in [4.69, 9.17) is 15.7 Å². The van der Waals surface area contributed by atoms with Crippen LogP contribution in [0.15, 0.2) is 48.5 Å². The Bertz CT molecular complexity index is 524. The third-order valence-electron chi connectivity index (χ3n) is 2.38. The van der Waals surface area contributed by atoms with Gasteiger partial charge in [-0.3, -0.25) is 0 Å². The maximum absolute atomic E-state index is 8.67. The SMILES string of the molecule is N#Cc1ccc(Oc2ccc(CN)cc2)cc1. The minimum absolute atomic E-state index is 0.525. The Balaban J connectivity index is 2.11. The normalized spacial score (nSPS) is 9.65. The van der Waals surface area contributed by atoms with Gasteiger partial charge in [-0.05, 0) is 42.0 Å². The highest BCUT2D eigenvalue weighted by Gasteiger charge is 1.97. The molecule has 2 rings (SSSR count). The van der Waals surface area contributed by atoms with E-state index in [1.807, 2.05) is 24.3 Å². The van der Waals surface area contributed by atoms with E-state index in [1.165, 1.54) is 0 Å². The molecule has 0 saturated carbocycles. The Labute approximate surface area is 100 Å². The van der Waals surface area contributed by atoms with Gasteiger partial charge in [0.15, 0.2) is 0 Å². The lowest BCUT2D eigenvalue weighted by Crippen LogP contribution is -1.95. The molecular formula is C14H12N2O. The lowest BCUT2D eigenvalue weighted by atomic mass is 10.2. The summed E-state index contributed by atoms with van der Waals surface area (Å²) >= 11 is 0. The number of hydrogen-bond acceptors (Lipinski definition) is 3. The summed E-state index contributed by atoms with van der Waals surface area (Å²) in [5.74, 6) is 1.47. The van der Waals surface area contributed by atoms with Gasteiger partial charge in [0.05, 0.1) is 11.6 Å². The number of rotatable bonds is 3. The van der Waals surface area contributed by atoms with Crippen molar-refractivity contribution < 1.29 is 4.74 Å². The molecule has 3 heteroatoms. The first kappa shape index (κ1) is 11.2. The van der Waals surface area contributed by atoms with Crippen molar-refractivity contribution in [3.05, 3.63) is 59.7 Å². The fourth-order valence-corrected chi connectivity index (χ4v) is 1.43. The van der Waals surface area contributed by atoms with Crippen LogP contribution >= 0.6 is 0 Å². The highest BCUT2D eigenvalue weighted by Crippen LogP contribution is 2.21. The molecule has 0 aromatic heterocycles. The second-order valence-corrected chi connectivity index (χ2v) is 3.59. The Hall–Kier alpha value is -2.31. The fourth-order valence-electron chi connectivity index (χ4n) is 1.43. The fraction of sp³-hybridized carbons (Fsp3) is 0.0714. The highest BCUT2D eigenvalue weighted by atomic mass is 16.5.